The van der Waals surface area contributed by atoms with Gasteiger partial charge in [-0.1, -0.05) is 0 Å². The highest BCUT2D eigenvalue weighted by atomic mass is 16.2. The van der Waals surface area contributed by atoms with Crippen LogP contribution >= 0.6 is 0 Å². The summed E-state index contributed by atoms with van der Waals surface area (Å²) in [5.41, 5.74) is -0.227. The number of carbonyl (C=O) groups is 1. The van der Waals surface area contributed by atoms with Gasteiger partial charge < -0.3 is 4.57 Å². The summed E-state index contributed by atoms with van der Waals surface area (Å²) in [5.74, 6) is -0.362. The molecule has 2 heterocycles. The Balaban J connectivity index is 2.59. The van der Waals surface area contributed by atoms with Gasteiger partial charge in [-0.15, -0.1) is 0 Å². The summed E-state index contributed by atoms with van der Waals surface area (Å²) < 4.78 is 4.03. The molecule has 0 spiro atoms. The first-order valence-electron chi connectivity index (χ1n) is 5.68. The molecule has 19 heavy (non-hydrogen) atoms. The second kappa shape index (κ2) is 4.68. The topological polar surface area (TPSA) is 78.9 Å². The maximum absolute atomic E-state index is 12.0. The third-order valence-corrected chi connectivity index (χ3v) is 2.98. The third kappa shape index (κ3) is 2.26. The van der Waals surface area contributed by atoms with Crippen LogP contribution in [0.25, 0.3) is 0 Å². The Bertz CT molecular complexity index is 751. The van der Waals surface area contributed by atoms with Crippen LogP contribution in [0.3, 0.4) is 0 Å². The van der Waals surface area contributed by atoms with E-state index >= 15 is 0 Å². The molecule has 0 atom stereocenters. The lowest BCUT2D eigenvalue weighted by atomic mass is 10.2. The van der Waals surface area contributed by atoms with Crippen molar-refractivity contribution < 1.29 is 4.79 Å². The molecule has 2 aromatic heterocycles. The minimum atomic E-state index is -0.571. The summed E-state index contributed by atoms with van der Waals surface area (Å²) in [6, 6.07) is 0. The highest BCUT2D eigenvalue weighted by molar-refractivity contribution is 5.93. The Hall–Kier alpha value is -2.44. The van der Waals surface area contributed by atoms with Crippen molar-refractivity contribution in [3.05, 3.63) is 50.8 Å². The molecule has 7 heteroatoms. The number of aromatic nitrogens is 4. The van der Waals surface area contributed by atoms with Crippen LogP contribution in [0.5, 0.6) is 0 Å². The smallest absolute Gasteiger partial charge is 0.331 e. The SMILES string of the molecule is CC(=O)c1cn(Cc2cncn2C)c(=O)n(C)c1=O. The van der Waals surface area contributed by atoms with E-state index in [1.54, 1.807) is 24.1 Å². The molecule has 0 bridgehead atoms. The molecule has 0 radical (unpaired) electrons. The maximum atomic E-state index is 12.0. The third-order valence-electron chi connectivity index (χ3n) is 2.98. The van der Waals surface area contributed by atoms with Crippen LogP contribution in [-0.4, -0.2) is 24.5 Å². The zero-order valence-electron chi connectivity index (χ0n) is 11.0. The van der Waals surface area contributed by atoms with E-state index < -0.39 is 11.2 Å². The largest absolute Gasteiger partial charge is 0.336 e. The van der Waals surface area contributed by atoms with Gasteiger partial charge in [-0.05, 0) is 6.92 Å². The van der Waals surface area contributed by atoms with E-state index in [2.05, 4.69) is 4.98 Å². The first-order valence-corrected chi connectivity index (χ1v) is 5.68. The fourth-order valence-electron chi connectivity index (χ4n) is 1.79. The molecule has 0 aliphatic rings. The lowest BCUT2D eigenvalue weighted by Crippen LogP contribution is -2.40. The van der Waals surface area contributed by atoms with E-state index in [4.69, 9.17) is 0 Å². The van der Waals surface area contributed by atoms with Gasteiger partial charge in [-0.3, -0.25) is 18.7 Å². The number of rotatable bonds is 3. The molecule has 7 nitrogen and oxygen atoms in total. The summed E-state index contributed by atoms with van der Waals surface area (Å²) in [7, 11) is 3.16. The molecule has 0 N–H and O–H groups in total. The van der Waals surface area contributed by atoms with E-state index in [9.17, 15) is 14.4 Å². The van der Waals surface area contributed by atoms with Gasteiger partial charge in [0.05, 0.1) is 24.1 Å². The highest BCUT2D eigenvalue weighted by Crippen LogP contribution is 1.99. The van der Waals surface area contributed by atoms with Gasteiger partial charge >= 0.3 is 5.69 Å². The molecule has 2 rings (SSSR count). The molecule has 0 saturated heterocycles. The van der Waals surface area contributed by atoms with Crippen LogP contribution in [0.2, 0.25) is 0 Å². The molecular formula is C12H14N4O3. The molecule has 0 amide bonds. The monoisotopic (exact) mass is 262 g/mol. The Morgan fingerprint density at radius 2 is 2.00 bits per heavy atom. The second-order valence-corrected chi connectivity index (χ2v) is 4.37. The van der Waals surface area contributed by atoms with E-state index in [0.29, 0.717) is 0 Å². The predicted molar refractivity (Wildman–Crippen MR) is 68.3 cm³/mol. The molecule has 0 unspecified atom stereocenters. The average Bonchev–Trinajstić information content (AvgIpc) is 2.75. The number of hydrogen-bond donors (Lipinski definition) is 0. The number of carbonyl (C=O) groups excluding carboxylic acids is 1. The van der Waals surface area contributed by atoms with E-state index in [-0.39, 0.29) is 17.9 Å². The predicted octanol–water partition coefficient (Wildman–Crippen LogP) is -0.469. The Morgan fingerprint density at radius 3 is 2.53 bits per heavy atom. The fourth-order valence-corrected chi connectivity index (χ4v) is 1.79. The lowest BCUT2D eigenvalue weighted by molar-refractivity contribution is 0.101. The number of hydrogen-bond acceptors (Lipinski definition) is 4. The molecular weight excluding hydrogens is 248 g/mol. The molecule has 100 valence electrons. The summed E-state index contributed by atoms with van der Waals surface area (Å²) in [4.78, 5) is 39.1. The highest BCUT2D eigenvalue weighted by Gasteiger charge is 2.13. The minimum Gasteiger partial charge on any atom is -0.336 e. The Kier molecular flexibility index (Phi) is 3.20. The molecule has 0 aliphatic heterocycles. The van der Waals surface area contributed by atoms with Gasteiger partial charge in [-0.2, -0.15) is 0 Å². The maximum Gasteiger partial charge on any atom is 0.331 e. The van der Waals surface area contributed by atoms with Crippen LogP contribution < -0.4 is 11.2 Å². The minimum absolute atomic E-state index is 0.00395. The van der Waals surface area contributed by atoms with Crippen molar-refractivity contribution in [1.29, 1.82) is 0 Å². The summed E-state index contributed by atoms with van der Waals surface area (Å²) in [5, 5.41) is 0. The van der Waals surface area contributed by atoms with Gasteiger partial charge in [-0.25, -0.2) is 9.78 Å². The summed E-state index contributed by atoms with van der Waals surface area (Å²) in [6.07, 6.45) is 4.55. The molecule has 0 saturated carbocycles. The number of imidazole rings is 1. The molecule has 0 aromatic carbocycles. The average molecular weight is 262 g/mol. The summed E-state index contributed by atoms with van der Waals surface area (Å²) in [6.45, 7) is 1.55. The fraction of sp³-hybridized carbons (Fsp3) is 0.333. The van der Waals surface area contributed by atoms with Gasteiger partial charge in [0.1, 0.15) is 0 Å². The van der Waals surface area contributed by atoms with Crippen LogP contribution in [0.1, 0.15) is 23.0 Å². The van der Waals surface area contributed by atoms with Gasteiger partial charge in [0.15, 0.2) is 5.78 Å². The lowest BCUT2D eigenvalue weighted by Gasteiger charge is -2.09. The van der Waals surface area contributed by atoms with E-state index in [1.165, 1.54) is 24.7 Å². The van der Waals surface area contributed by atoms with Gasteiger partial charge in [0.25, 0.3) is 5.56 Å². The van der Waals surface area contributed by atoms with Crippen LogP contribution in [0.4, 0.5) is 0 Å². The van der Waals surface area contributed by atoms with Crippen LogP contribution in [-0.2, 0) is 20.6 Å². The molecule has 2 aromatic rings. The van der Waals surface area contributed by atoms with Crippen molar-refractivity contribution in [2.75, 3.05) is 0 Å². The Labute approximate surface area is 108 Å². The zero-order valence-corrected chi connectivity index (χ0v) is 11.0. The van der Waals surface area contributed by atoms with Crippen molar-refractivity contribution in [3.63, 3.8) is 0 Å². The van der Waals surface area contributed by atoms with Crippen molar-refractivity contribution in [2.45, 2.75) is 13.5 Å². The Morgan fingerprint density at radius 1 is 1.32 bits per heavy atom. The van der Waals surface area contributed by atoms with E-state index in [1.807, 2.05) is 0 Å². The normalized spacial score (nSPS) is 10.7. The zero-order chi connectivity index (χ0) is 14.2. The van der Waals surface area contributed by atoms with Crippen molar-refractivity contribution >= 4 is 5.78 Å². The van der Waals surface area contributed by atoms with Crippen molar-refractivity contribution in [1.82, 2.24) is 18.7 Å². The second-order valence-electron chi connectivity index (χ2n) is 4.37. The number of nitrogens with zero attached hydrogens (tertiary/aromatic N) is 4. The first-order chi connectivity index (χ1) is 8.91. The number of ketones is 1. The van der Waals surface area contributed by atoms with Gasteiger partial charge in [0, 0.05) is 26.5 Å². The summed E-state index contributed by atoms with van der Waals surface area (Å²) >= 11 is 0. The standard InChI is InChI=1S/C12H14N4O3/c1-8(17)10-6-16(12(19)15(3)11(10)18)5-9-4-13-7-14(9)2/h4,6-7H,5H2,1-3H3. The number of Topliss-reactive ketones (excluding diaryl/α,β-unsaturated/α-hetero) is 1. The number of aryl methyl sites for hydroxylation is 1. The van der Waals surface area contributed by atoms with Crippen LogP contribution in [0.15, 0.2) is 28.3 Å². The van der Waals surface area contributed by atoms with Gasteiger partial charge in [0.2, 0.25) is 0 Å². The molecule has 0 aliphatic carbocycles. The van der Waals surface area contributed by atoms with Crippen molar-refractivity contribution in [2.24, 2.45) is 14.1 Å². The van der Waals surface area contributed by atoms with Crippen molar-refractivity contribution in [3.8, 4) is 0 Å². The van der Waals surface area contributed by atoms with E-state index in [0.717, 1.165) is 10.3 Å². The molecule has 0 fully saturated rings. The quantitative estimate of drug-likeness (QED) is 0.701. The van der Waals surface area contributed by atoms with Crippen LogP contribution in [0, 0.1) is 0 Å². The first kappa shape index (κ1) is 13.0.